The number of nitrogens with zero attached hydrogens (tertiary/aromatic N) is 2. The van der Waals surface area contributed by atoms with E-state index < -0.39 is 29.9 Å². The highest BCUT2D eigenvalue weighted by atomic mass is 35.5. The van der Waals surface area contributed by atoms with Crippen LogP contribution in [0.25, 0.3) is 0 Å². The molecule has 6 N–H and O–H groups in total. The fraction of sp³-hybridized carbons (Fsp3) is 0.333. The molecule has 2 unspecified atom stereocenters. The molecule has 1 aliphatic heterocycles. The van der Waals surface area contributed by atoms with Crippen molar-refractivity contribution in [3.63, 3.8) is 0 Å². The van der Waals surface area contributed by atoms with Crippen molar-refractivity contribution in [3.05, 3.63) is 58.1 Å². The molecule has 0 saturated carbocycles. The number of aliphatic imine (C=N–C) groups is 1. The van der Waals surface area contributed by atoms with Gasteiger partial charge in [-0.05, 0) is 54.3 Å². The zero-order chi connectivity index (χ0) is 26.4. The fourth-order valence-electron chi connectivity index (χ4n) is 4.00. The number of rotatable bonds is 7. The van der Waals surface area contributed by atoms with E-state index >= 15 is 0 Å². The second-order valence-electron chi connectivity index (χ2n) is 8.24. The Labute approximate surface area is 212 Å². The zero-order valence-corrected chi connectivity index (χ0v) is 20.6. The van der Waals surface area contributed by atoms with E-state index in [0.29, 0.717) is 28.3 Å². The molecule has 3 rings (SSSR count). The molecule has 11 nitrogen and oxygen atoms in total. The monoisotopic (exact) mass is 517 g/mol. The second kappa shape index (κ2) is 11.7. The van der Waals surface area contributed by atoms with E-state index in [-0.39, 0.29) is 36.6 Å². The van der Waals surface area contributed by atoms with Gasteiger partial charge in [0.2, 0.25) is 5.91 Å². The first-order valence-corrected chi connectivity index (χ1v) is 11.6. The number of aromatic carboxylic acids is 1. The lowest BCUT2D eigenvalue weighted by molar-refractivity contribution is -0.131. The molecule has 36 heavy (non-hydrogen) atoms. The Bertz CT molecular complexity index is 1190. The maximum atomic E-state index is 13.4. The molecule has 2 atom stereocenters. The van der Waals surface area contributed by atoms with Gasteiger partial charge in [0.1, 0.15) is 11.6 Å². The summed E-state index contributed by atoms with van der Waals surface area (Å²) in [7, 11) is 1.51. The number of halogens is 1. The summed E-state index contributed by atoms with van der Waals surface area (Å²) in [4.78, 5) is 43.2. The van der Waals surface area contributed by atoms with Gasteiger partial charge in [-0.2, -0.15) is 0 Å². The van der Waals surface area contributed by atoms with E-state index in [2.05, 4.69) is 10.3 Å². The fourth-order valence-corrected chi connectivity index (χ4v) is 4.20. The number of urea groups is 1. The maximum absolute atomic E-state index is 13.4. The van der Waals surface area contributed by atoms with Crippen LogP contribution < -0.4 is 21.3 Å². The van der Waals surface area contributed by atoms with E-state index in [0.717, 1.165) is 4.90 Å². The quantitative estimate of drug-likeness (QED) is 0.276. The number of hydrogen-bond donors (Lipinski definition) is 5. The van der Waals surface area contributed by atoms with Gasteiger partial charge in [-0.15, -0.1) is 0 Å². The summed E-state index contributed by atoms with van der Waals surface area (Å²) < 4.78 is 5.38. The number of nitrogens with two attached hydrogens (primary N) is 1. The van der Waals surface area contributed by atoms with E-state index in [1.165, 1.54) is 19.2 Å². The predicted molar refractivity (Wildman–Crippen MR) is 134 cm³/mol. The summed E-state index contributed by atoms with van der Waals surface area (Å²) in [6.07, 6.45) is 0.654. The SMILES string of the molecule is CCC(NC(=O)N1CC(NO)=NCC(Cc2cc(Cl)ccc2OC)C1=O)c1ccc(C(=O)O)c(N)c1. The maximum Gasteiger partial charge on any atom is 0.337 e. The summed E-state index contributed by atoms with van der Waals surface area (Å²) in [6.45, 7) is 1.60. The Morgan fingerprint density at radius 3 is 2.67 bits per heavy atom. The van der Waals surface area contributed by atoms with Crippen molar-refractivity contribution in [2.45, 2.75) is 25.8 Å². The Morgan fingerprint density at radius 1 is 1.31 bits per heavy atom. The summed E-state index contributed by atoms with van der Waals surface area (Å²) in [5.74, 6) is -1.76. The molecule has 0 radical (unpaired) electrons. The van der Waals surface area contributed by atoms with Crippen molar-refractivity contribution in [2.75, 3.05) is 25.9 Å². The smallest absolute Gasteiger partial charge is 0.337 e. The number of nitrogen functional groups attached to an aromatic ring is 1. The molecule has 3 amide bonds. The van der Waals surface area contributed by atoms with Crippen LogP contribution >= 0.6 is 11.6 Å². The number of carbonyl (C=O) groups excluding carboxylic acids is 2. The van der Waals surface area contributed by atoms with Gasteiger partial charge in [-0.1, -0.05) is 24.6 Å². The average molecular weight is 518 g/mol. The number of carboxylic acid groups (broad SMARTS) is 1. The minimum Gasteiger partial charge on any atom is -0.496 e. The van der Waals surface area contributed by atoms with Crippen LogP contribution in [0.5, 0.6) is 5.75 Å². The van der Waals surface area contributed by atoms with Gasteiger partial charge in [0.05, 0.1) is 37.7 Å². The van der Waals surface area contributed by atoms with Crippen LogP contribution in [0.4, 0.5) is 10.5 Å². The number of amidine groups is 1. The number of amides is 3. The minimum absolute atomic E-state index is 0.0333. The average Bonchev–Trinajstić information content (AvgIpc) is 3.01. The molecular weight excluding hydrogens is 490 g/mol. The third kappa shape index (κ3) is 6.04. The molecule has 2 aromatic rings. The molecule has 1 heterocycles. The van der Waals surface area contributed by atoms with Crippen LogP contribution in [-0.4, -0.2) is 59.2 Å². The molecule has 0 bridgehead atoms. The number of imide groups is 1. The predicted octanol–water partition coefficient (Wildman–Crippen LogP) is 2.87. The van der Waals surface area contributed by atoms with Crippen molar-refractivity contribution in [1.29, 1.82) is 0 Å². The number of methoxy groups -OCH3 is 1. The van der Waals surface area contributed by atoms with E-state index in [4.69, 9.17) is 22.1 Å². The molecule has 2 aromatic carbocycles. The Balaban J connectivity index is 1.84. The number of benzene rings is 2. The number of carbonyl (C=O) groups is 3. The number of ether oxygens (including phenoxy) is 1. The summed E-state index contributed by atoms with van der Waals surface area (Å²) >= 11 is 6.13. The zero-order valence-electron chi connectivity index (χ0n) is 19.8. The van der Waals surface area contributed by atoms with Gasteiger partial charge in [0.25, 0.3) is 0 Å². The summed E-state index contributed by atoms with van der Waals surface area (Å²) in [5, 5.41) is 21.9. The highest BCUT2D eigenvalue weighted by Crippen LogP contribution is 2.27. The minimum atomic E-state index is -1.16. The first-order chi connectivity index (χ1) is 17.2. The third-order valence-corrected chi connectivity index (χ3v) is 6.16. The van der Waals surface area contributed by atoms with Gasteiger partial charge in [0, 0.05) is 10.7 Å². The lowest BCUT2D eigenvalue weighted by Crippen LogP contribution is -2.50. The van der Waals surface area contributed by atoms with Crippen LogP contribution in [0.1, 0.15) is 40.9 Å². The third-order valence-electron chi connectivity index (χ3n) is 5.92. The van der Waals surface area contributed by atoms with Crippen molar-refractivity contribution < 1.29 is 29.4 Å². The number of hydroxylamine groups is 1. The van der Waals surface area contributed by atoms with Gasteiger partial charge in [0.15, 0.2) is 0 Å². The number of hydrogen-bond acceptors (Lipinski definition) is 8. The standard InChI is InChI=1S/C24H28ClN5O6/c1-3-19(13-4-6-17(23(32)33)18(26)10-13)28-24(34)30-12-21(29-35)27-11-15(22(30)31)8-14-9-16(25)5-7-20(14)36-2/h4-7,9-10,15,19,35H,3,8,11-12,26H2,1-2H3,(H,27,29)(H,28,34)(H,32,33). The van der Waals surface area contributed by atoms with Gasteiger partial charge in [-0.3, -0.25) is 25.4 Å². The van der Waals surface area contributed by atoms with E-state index in [1.54, 1.807) is 24.3 Å². The number of nitrogens with one attached hydrogen (secondary N) is 2. The van der Waals surface area contributed by atoms with Crippen LogP contribution in [0.3, 0.4) is 0 Å². The van der Waals surface area contributed by atoms with Crippen molar-refractivity contribution >= 4 is 41.0 Å². The molecule has 0 aliphatic carbocycles. The molecule has 0 spiro atoms. The van der Waals surface area contributed by atoms with Crippen molar-refractivity contribution in [3.8, 4) is 5.75 Å². The first-order valence-electron chi connectivity index (χ1n) is 11.2. The lowest BCUT2D eigenvalue weighted by atomic mass is 9.97. The largest absolute Gasteiger partial charge is 0.496 e. The van der Waals surface area contributed by atoms with E-state index in [9.17, 15) is 24.7 Å². The lowest BCUT2D eigenvalue weighted by Gasteiger charge is -2.26. The molecule has 12 heteroatoms. The summed E-state index contributed by atoms with van der Waals surface area (Å²) in [6, 6.07) is 8.23. The second-order valence-corrected chi connectivity index (χ2v) is 8.68. The van der Waals surface area contributed by atoms with Crippen molar-refractivity contribution in [2.24, 2.45) is 10.9 Å². The Kier molecular flexibility index (Phi) is 8.73. The molecule has 192 valence electrons. The van der Waals surface area contributed by atoms with E-state index in [1.807, 2.05) is 12.4 Å². The highest BCUT2D eigenvalue weighted by molar-refractivity contribution is 6.30. The molecule has 0 aromatic heterocycles. The number of carboxylic acids is 1. The first kappa shape index (κ1) is 26.8. The van der Waals surface area contributed by atoms with Crippen LogP contribution in [0.15, 0.2) is 41.4 Å². The molecular formula is C24H28ClN5O6. The Hall–Kier alpha value is -3.83. The number of anilines is 1. The van der Waals surface area contributed by atoms with Crippen LogP contribution in [-0.2, 0) is 11.2 Å². The normalized spacial score (nSPS) is 16.6. The molecule has 0 fully saturated rings. The van der Waals surface area contributed by atoms with Crippen LogP contribution in [0.2, 0.25) is 5.02 Å². The van der Waals surface area contributed by atoms with Crippen molar-refractivity contribution in [1.82, 2.24) is 15.7 Å². The van der Waals surface area contributed by atoms with Gasteiger partial charge in [-0.25, -0.2) is 9.59 Å². The molecule has 1 aliphatic rings. The van der Waals surface area contributed by atoms with Gasteiger partial charge < -0.3 is 20.9 Å². The molecule has 0 saturated heterocycles. The summed E-state index contributed by atoms with van der Waals surface area (Å²) in [5.41, 5.74) is 9.10. The highest BCUT2D eigenvalue weighted by Gasteiger charge is 2.34. The van der Waals surface area contributed by atoms with Gasteiger partial charge >= 0.3 is 12.0 Å². The van der Waals surface area contributed by atoms with Crippen LogP contribution in [0, 0.1) is 5.92 Å². The Morgan fingerprint density at radius 2 is 2.06 bits per heavy atom. The topological polar surface area (TPSA) is 167 Å².